The highest BCUT2D eigenvalue weighted by atomic mass is 32.1. The Morgan fingerprint density at radius 1 is 1.46 bits per heavy atom. The average Bonchev–Trinajstić information content (AvgIpc) is 3.04. The second-order valence-electron chi connectivity index (χ2n) is 6.98. The number of methoxy groups -OCH3 is 1. The molecule has 0 bridgehead atoms. The van der Waals surface area contributed by atoms with Crippen LogP contribution in [-0.2, 0) is 16.0 Å². The third-order valence-electron chi connectivity index (χ3n) is 5.16. The van der Waals surface area contributed by atoms with E-state index in [0.29, 0.717) is 0 Å². The fourth-order valence-electron chi connectivity index (χ4n) is 3.51. The van der Waals surface area contributed by atoms with Gasteiger partial charge in [0.05, 0.1) is 17.9 Å². The van der Waals surface area contributed by atoms with Crippen molar-refractivity contribution >= 4 is 33.3 Å². The van der Waals surface area contributed by atoms with Crippen LogP contribution in [0.15, 0.2) is 12.4 Å². The number of carbonyl (C=O) groups excluding carboxylic acids is 1. The molecule has 3 rings (SSSR count). The monoisotopic (exact) mass is 347 g/mol. The molecule has 0 amide bonds. The number of aromatic nitrogens is 2. The van der Waals surface area contributed by atoms with Crippen LogP contribution in [0.3, 0.4) is 0 Å². The highest BCUT2D eigenvalue weighted by Crippen LogP contribution is 2.38. The van der Waals surface area contributed by atoms with Crippen LogP contribution in [0.5, 0.6) is 0 Å². The van der Waals surface area contributed by atoms with Gasteiger partial charge in [0.25, 0.3) is 0 Å². The third-order valence-corrected chi connectivity index (χ3v) is 6.35. The molecule has 0 aliphatic carbocycles. The van der Waals surface area contributed by atoms with Crippen LogP contribution in [0.1, 0.15) is 38.5 Å². The van der Waals surface area contributed by atoms with Gasteiger partial charge in [-0.2, -0.15) is 0 Å². The van der Waals surface area contributed by atoms with Crippen molar-refractivity contribution in [3.63, 3.8) is 0 Å². The first-order chi connectivity index (χ1) is 11.5. The van der Waals surface area contributed by atoms with Crippen molar-refractivity contribution in [1.29, 1.82) is 0 Å². The van der Waals surface area contributed by atoms with Crippen LogP contribution in [0.2, 0.25) is 0 Å². The second-order valence-corrected chi connectivity index (χ2v) is 8.10. The minimum absolute atomic E-state index is 0.133. The van der Waals surface area contributed by atoms with Crippen molar-refractivity contribution in [3.8, 4) is 0 Å². The summed E-state index contributed by atoms with van der Waals surface area (Å²) in [5.41, 5.74) is -0.483. The molecule has 130 valence electrons. The minimum atomic E-state index is -0.483. The van der Waals surface area contributed by atoms with E-state index in [2.05, 4.69) is 27.9 Å². The van der Waals surface area contributed by atoms with Crippen molar-refractivity contribution < 1.29 is 9.53 Å². The molecule has 0 saturated carbocycles. The average molecular weight is 347 g/mol. The molecule has 5 nitrogen and oxygen atoms in total. The van der Waals surface area contributed by atoms with Crippen LogP contribution in [0, 0.1) is 11.3 Å². The highest BCUT2D eigenvalue weighted by Gasteiger charge is 2.40. The number of thiophene rings is 1. The molecular formula is C18H25N3O2S. The van der Waals surface area contributed by atoms with Gasteiger partial charge in [0, 0.05) is 18.0 Å². The van der Waals surface area contributed by atoms with E-state index >= 15 is 0 Å². The van der Waals surface area contributed by atoms with Crippen LogP contribution >= 0.6 is 11.3 Å². The number of ether oxygens (including phenoxy) is 1. The van der Waals surface area contributed by atoms with Gasteiger partial charge in [0.2, 0.25) is 0 Å². The summed E-state index contributed by atoms with van der Waals surface area (Å²) in [6.07, 6.45) is 4.76. The number of piperidine rings is 1. The smallest absolute Gasteiger partial charge is 0.311 e. The Labute approximate surface area is 147 Å². The number of hydrogen-bond acceptors (Lipinski definition) is 6. The number of carbonyl (C=O) groups is 1. The molecule has 2 aromatic rings. The quantitative estimate of drug-likeness (QED) is 0.790. The number of hydrogen-bond donors (Lipinski definition) is 0. The van der Waals surface area contributed by atoms with E-state index in [1.165, 1.54) is 12.0 Å². The summed E-state index contributed by atoms with van der Waals surface area (Å²) >= 11 is 1.74. The van der Waals surface area contributed by atoms with Crippen LogP contribution < -0.4 is 4.90 Å². The predicted octanol–water partition coefficient (Wildman–Crippen LogP) is 3.67. The molecule has 6 heteroatoms. The molecule has 1 saturated heterocycles. The lowest BCUT2D eigenvalue weighted by atomic mass is 9.74. The second kappa shape index (κ2) is 6.67. The maximum atomic E-state index is 12.2. The van der Waals surface area contributed by atoms with Gasteiger partial charge in [-0.3, -0.25) is 4.79 Å². The molecule has 0 N–H and O–H groups in total. The third kappa shape index (κ3) is 2.99. The van der Waals surface area contributed by atoms with E-state index in [0.717, 1.165) is 48.4 Å². The zero-order chi connectivity index (χ0) is 17.3. The van der Waals surface area contributed by atoms with Gasteiger partial charge >= 0.3 is 5.97 Å². The van der Waals surface area contributed by atoms with Gasteiger partial charge < -0.3 is 9.64 Å². The first kappa shape index (κ1) is 17.1. The lowest BCUT2D eigenvalue weighted by molar-refractivity contribution is -0.154. The number of nitrogens with zero attached hydrogens (tertiary/aromatic N) is 3. The van der Waals surface area contributed by atoms with Crippen LogP contribution in [-0.4, -0.2) is 36.1 Å². The van der Waals surface area contributed by atoms with Crippen molar-refractivity contribution in [1.82, 2.24) is 9.97 Å². The predicted molar refractivity (Wildman–Crippen MR) is 97.5 cm³/mol. The van der Waals surface area contributed by atoms with Gasteiger partial charge in [0.1, 0.15) is 17.0 Å². The molecule has 1 atom stereocenters. The number of rotatable bonds is 4. The highest BCUT2D eigenvalue weighted by molar-refractivity contribution is 7.18. The minimum Gasteiger partial charge on any atom is -0.469 e. The van der Waals surface area contributed by atoms with Gasteiger partial charge in [-0.15, -0.1) is 11.3 Å². The Balaban J connectivity index is 1.90. The topological polar surface area (TPSA) is 55.3 Å². The van der Waals surface area contributed by atoms with E-state index in [4.69, 9.17) is 4.74 Å². The zero-order valence-electron chi connectivity index (χ0n) is 14.8. The largest absolute Gasteiger partial charge is 0.469 e. The van der Waals surface area contributed by atoms with E-state index in [9.17, 15) is 4.79 Å². The molecular weight excluding hydrogens is 322 g/mol. The zero-order valence-corrected chi connectivity index (χ0v) is 15.7. The molecule has 1 fully saturated rings. The molecule has 0 spiro atoms. The van der Waals surface area contributed by atoms with Gasteiger partial charge in [-0.05, 0) is 45.1 Å². The van der Waals surface area contributed by atoms with Crippen molar-refractivity contribution in [2.75, 3.05) is 25.1 Å². The SMILES string of the molecule is CCc1cc2c(N3CCCC(C(C)(C)C(=O)OC)C3)ncnc2s1. The lowest BCUT2D eigenvalue weighted by Crippen LogP contribution is -2.45. The molecule has 24 heavy (non-hydrogen) atoms. The fraction of sp³-hybridized carbons (Fsp3) is 0.611. The summed E-state index contributed by atoms with van der Waals surface area (Å²) in [6, 6.07) is 2.21. The van der Waals surface area contributed by atoms with Crippen LogP contribution in [0.25, 0.3) is 10.2 Å². The van der Waals surface area contributed by atoms with Gasteiger partial charge in [-0.1, -0.05) is 6.92 Å². The Morgan fingerprint density at radius 2 is 2.25 bits per heavy atom. The maximum Gasteiger partial charge on any atom is 0.311 e. The molecule has 1 aliphatic rings. The number of fused-ring (bicyclic) bond motifs is 1. The standard InChI is InChI=1S/C18H25N3O2S/c1-5-13-9-14-15(19-11-20-16(14)24-13)21-8-6-7-12(10-21)18(2,3)17(22)23-4/h9,11-12H,5-8,10H2,1-4H3. The molecule has 1 unspecified atom stereocenters. The summed E-state index contributed by atoms with van der Waals surface area (Å²) in [5.74, 6) is 1.13. The van der Waals surface area contributed by atoms with E-state index in [1.54, 1.807) is 17.7 Å². The Morgan fingerprint density at radius 3 is 2.96 bits per heavy atom. The van der Waals surface area contributed by atoms with Crippen molar-refractivity contribution in [3.05, 3.63) is 17.3 Å². The van der Waals surface area contributed by atoms with Gasteiger partial charge in [-0.25, -0.2) is 9.97 Å². The number of anilines is 1. The molecule has 1 aliphatic heterocycles. The number of esters is 1. The first-order valence-corrected chi connectivity index (χ1v) is 9.35. The Hall–Kier alpha value is -1.69. The fourth-order valence-corrected chi connectivity index (χ4v) is 4.44. The lowest BCUT2D eigenvalue weighted by Gasteiger charge is -2.40. The van der Waals surface area contributed by atoms with Crippen LogP contribution in [0.4, 0.5) is 5.82 Å². The molecule has 0 radical (unpaired) electrons. The summed E-state index contributed by atoms with van der Waals surface area (Å²) in [6.45, 7) is 7.93. The summed E-state index contributed by atoms with van der Waals surface area (Å²) in [7, 11) is 1.47. The molecule has 3 heterocycles. The van der Waals surface area contributed by atoms with E-state index in [1.807, 2.05) is 13.8 Å². The van der Waals surface area contributed by atoms with Crippen molar-refractivity contribution in [2.45, 2.75) is 40.0 Å². The Bertz CT molecular complexity index is 741. The molecule has 2 aromatic heterocycles. The summed E-state index contributed by atoms with van der Waals surface area (Å²) in [4.78, 5) is 25.8. The number of aryl methyl sites for hydroxylation is 1. The van der Waals surface area contributed by atoms with Gasteiger partial charge in [0.15, 0.2) is 0 Å². The summed E-state index contributed by atoms with van der Waals surface area (Å²) < 4.78 is 5.02. The Kier molecular flexibility index (Phi) is 4.76. The van der Waals surface area contributed by atoms with E-state index < -0.39 is 5.41 Å². The maximum absolute atomic E-state index is 12.2. The molecule has 0 aromatic carbocycles. The normalized spacial score (nSPS) is 18.8. The van der Waals surface area contributed by atoms with E-state index in [-0.39, 0.29) is 11.9 Å². The van der Waals surface area contributed by atoms with Crippen molar-refractivity contribution in [2.24, 2.45) is 11.3 Å². The first-order valence-electron chi connectivity index (χ1n) is 8.54. The summed E-state index contributed by atoms with van der Waals surface area (Å²) in [5, 5.41) is 1.14.